The van der Waals surface area contributed by atoms with Crippen LogP contribution in [0, 0.1) is 0 Å². The summed E-state index contributed by atoms with van der Waals surface area (Å²) in [5.74, 6) is 0. The smallest absolute Gasteiger partial charge is 0.00305 e. The summed E-state index contributed by atoms with van der Waals surface area (Å²) in [6.07, 6.45) is 36.2. The molecule has 0 saturated heterocycles. The molecule has 0 bridgehead atoms. The third kappa shape index (κ3) is 15.2. The van der Waals surface area contributed by atoms with E-state index in [-0.39, 0.29) is 0 Å². The van der Waals surface area contributed by atoms with Gasteiger partial charge in [-0.05, 0) is 42.4 Å². The maximum atomic E-state index is 3.64. The SMILES string of the molecule is CCCCCCCC(P)(CCCCCC)C(P)(CCCCC)C(P)(CCCCCC)CCCCCCC. The van der Waals surface area contributed by atoms with E-state index < -0.39 is 0 Å². The molecule has 0 aromatic carbocycles. The van der Waals surface area contributed by atoms with Crippen molar-refractivity contribution < 1.29 is 0 Å². The van der Waals surface area contributed by atoms with Gasteiger partial charge in [-0.3, -0.25) is 0 Å². The van der Waals surface area contributed by atoms with Crippen molar-refractivity contribution in [3.05, 3.63) is 0 Å². The lowest BCUT2D eigenvalue weighted by Gasteiger charge is -2.58. The summed E-state index contributed by atoms with van der Waals surface area (Å²) in [6.45, 7) is 11.8. The van der Waals surface area contributed by atoms with Gasteiger partial charge in [0.25, 0.3) is 0 Å². The van der Waals surface area contributed by atoms with Crippen LogP contribution in [0.5, 0.6) is 0 Å². The van der Waals surface area contributed by atoms with Gasteiger partial charge in [-0.25, -0.2) is 0 Å². The predicted octanol–water partition coefficient (Wildman–Crippen LogP) is 13.1. The minimum absolute atomic E-state index is 0.290. The van der Waals surface area contributed by atoms with Crippen molar-refractivity contribution in [2.24, 2.45) is 0 Å². The highest BCUT2D eigenvalue weighted by Gasteiger charge is 2.54. The van der Waals surface area contributed by atoms with Crippen LogP contribution >= 0.6 is 27.7 Å². The Labute approximate surface area is 244 Å². The first-order valence-corrected chi connectivity index (χ1v) is 18.9. The fraction of sp³-hybridized carbons (Fsp3) is 1.00. The van der Waals surface area contributed by atoms with Crippen molar-refractivity contribution in [2.75, 3.05) is 0 Å². The van der Waals surface area contributed by atoms with Crippen LogP contribution in [-0.2, 0) is 0 Å². The van der Waals surface area contributed by atoms with Crippen molar-refractivity contribution in [3.8, 4) is 0 Å². The third-order valence-electron chi connectivity index (χ3n) is 9.36. The van der Waals surface area contributed by atoms with Gasteiger partial charge in [0.05, 0.1) is 0 Å². The summed E-state index contributed by atoms with van der Waals surface area (Å²) < 4.78 is 0. The van der Waals surface area contributed by atoms with Gasteiger partial charge >= 0.3 is 0 Å². The first-order chi connectivity index (χ1) is 17.8. The normalized spacial score (nSPS) is 16.9. The van der Waals surface area contributed by atoms with E-state index in [4.69, 9.17) is 0 Å². The lowest BCUT2D eigenvalue weighted by Crippen LogP contribution is -2.58. The Hall–Kier alpha value is 1.29. The fourth-order valence-electron chi connectivity index (χ4n) is 6.61. The zero-order valence-electron chi connectivity index (χ0n) is 26.6. The average Bonchev–Trinajstić information content (AvgIpc) is 2.89. The average molecular weight is 575 g/mol. The molecule has 0 amide bonds. The first-order valence-electron chi connectivity index (χ1n) is 17.2. The highest BCUT2D eigenvalue weighted by Crippen LogP contribution is 2.60. The van der Waals surface area contributed by atoms with E-state index in [1.54, 1.807) is 0 Å². The molecule has 0 aromatic heterocycles. The van der Waals surface area contributed by atoms with E-state index in [1.807, 2.05) is 0 Å². The Morgan fingerprint density at radius 2 is 0.514 bits per heavy atom. The van der Waals surface area contributed by atoms with E-state index >= 15 is 0 Å². The van der Waals surface area contributed by atoms with E-state index in [2.05, 4.69) is 62.3 Å². The van der Waals surface area contributed by atoms with E-state index in [1.165, 1.54) is 167 Å². The van der Waals surface area contributed by atoms with E-state index in [0.717, 1.165) is 0 Å². The van der Waals surface area contributed by atoms with Gasteiger partial charge in [-0.15, -0.1) is 27.7 Å². The zero-order chi connectivity index (χ0) is 27.9. The van der Waals surface area contributed by atoms with Crippen LogP contribution in [0.1, 0.15) is 202 Å². The van der Waals surface area contributed by atoms with E-state index in [0.29, 0.717) is 15.5 Å². The molecule has 0 heterocycles. The minimum Gasteiger partial charge on any atom is -0.130 e. The molecule has 0 aromatic rings. The van der Waals surface area contributed by atoms with Crippen molar-refractivity contribution in [1.29, 1.82) is 0 Å². The number of hydrogen-bond donors (Lipinski definition) is 0. The highest BCUT2D eigenvalue weighted by molar-refractivity contribution is 7.28. The van der Waals surface area contributed by atoms with Gasteiger partial charge in [0, 0.05) is 5.16 Å². The Balaban J connectivity index is 6.07. The molecule has 37 heavy (non-hydrogen) atoms. The summed E-state index contributed by atoms with van der Waals surface area (Å²) in [7, 11) is 10.8. The molecule has 0 spiro atoms. The standard InChI is InChI=1S/C34H73P3/c1-6-11-16-20-25-29-32(35,27-23-18-13-8-3)34(37,31-22-15-10-5)33(36,28-24-19-14-9-4)30-26-21-17-12-7-2/h6-31,35-37H2,1-5H3. The quantitative estimate of drug-likeness (QED) is 0.0644. The van der Waals surface area contributed by atoms with Gasteiger partial charge in [-0.2, -0.15) is 0 Å². The van der Waals surface area contributed by atoms with Gasteiger partial charge < -0.3 is 0 Å². The van der Waals surface area contributed by atoms with Crippen LogP contribution in [0.2, 0.25) is 0 Å². The first kappa shape index (κ1) is 38.3. The molecular weight excluding hydrogens is 501 g/mol. The number of unbranched alkanes of at least 4 members (excludes halogenated alkanes) is 16. The molecule has 0 aliphatic carbocycles. The molecule has 0 aliphatic heterocycles. The summed E-state index contributed by atoms with van der Waals surface area (Å²) in [5.41, 5.74) is 0. The van der Waals surface area contributed by atoms with Crippen LogP contribution in [0.4, 0.5) is 0 Å². The van der Waals surface area contributed by atoms with Gasteiger partial charge in [0.1, 0.15) is 0 Å². The summed E-state index contributed by atoms with van der Waals surface area (Å²) in [6, 6.07) is 0. The van der Waals surface area contributed by atoms with Crippen LogP contribution in [0.15, 0.2) is 0 Å². The molecule has 0 rings (SSSR count). The maximum Gasteiger partial charge on any atom is 0.00305 e. The molecule has 224 valence electrons. The lowest BCUT2D eigenvalue weighted by molar-refractivity contribution is 0.238. The van der Waals surface area contributed by atoms with Crippen LogP contribution in [-0.4, -0.2) is 15.5 Å². The van der Waals surface area contributed by atoms with Crippen molar-refractivity contribution in [3.63, 3.8) is 0 Å². The van der Waals surface area contributed by atoms with Crippen molar-refractivity contribution in [1.82, 2.24) is 0 Å². The Kier molecular flexibility index (Phi) is 24.8. The topological polar surface area (TPSA) is 0 Å². The predicted molar refractivity (Wildman–Crippen MR) is 186 cm³/mol. The Morgan fingerprint density at radius 3 is 0.811 bits per heavy atom. The summed E-state index contributed by atoms with van der Waals surface area (Å²) in [5, 5.41) is 0.959. The third-order valence-corrected chi connectivity index (χ3v) is 13.6. The summed E-state index contributed by atoms with van der Waals surface area (Å²) in [4.78, 5) is 0. The Morgan fingerprint density at radius 1 is 0.297 bits per heavy atom. The van der Waals surface area contributed by atoms with E-state index in [9.17, 15) is 0 Å². The number of rotatable bonds is 28. The maximum absolute atomic E-state index is 3.64. The van der Waals surface area contributed by atoms with Crippen LogP contribution < -0.4 is 0 Å². The molecule has 0 fully saturated rings. The zero-order valence-corrected chi connectivity index (χ0v) is 30.1. The fourth-order valence-corrected chi connectivity index (χ4v) is 9.24. The minimum atomic E-state index is 0.290. The second-order valence-electron chi connectivity index (χ2n) is 12.7. The molecule has 0 aliphatic rings. The lowest BCUT2D eigenvalue weighted by atomic mass is 9.68. The summed E-state index contributed by atoms with van der Waals surface area (Å²) >= 11 is 0. The molecule has 3 heteroatoms. The molecular formula is C34H73P3. The molecule has 0 saturated carbocycles. The molecule has 0 N–H and O–H groups in total. The van der Waals surface area contributed by atoms with Crippen LogP contribution in [0.25, 0.3) is 0 Å². The highest BCUT2D eigenvalue weighted by atomic mass is 31.0. The van der Waals surface area contributed by atoms with Gasteiger partial charge in [0.15, 0.2) is 0 Å². The molecule has 5 atom stereocenters. The molecule has 0 radical (unpaired) electrons. The van der Waals surface area contributed by atoms with Gasteiger partial charge in [-0.1, -0.05) is 169 Å². The van der Waals surface area contributed by atoms with Crippen molar-refractivity contribution >= 4 is 27.7 Å². The monoisotopic (exact) mass is 574 g/mol. The second-order valence-corrected chi connectivity index (χ2v) is 15.9. The van der Waals surface area contributed by atoms with Crippen LogP contribution in [0.3, 0.4) is 0 Å². The van der Waals surface area contributed by atoms with Gasteiger partial charge in [0.2, 0.25) is 0 Å². The Bertz CT molecular complexity index is 457. The molecule has 5 unspecified atom stereocenters. The second kappa shape index (κ2) is 23.9. The molecule has 0 nitrogen and oxygen atoms in total. The largest absolute Gasteiger partial charge is 0.130 e. The number of hydrogen-bond acceptors (Lipinski definition) is 0. The van der Waals surface area contributed by atoms with Crippen molar-refractivity contribution in [2.45, 2.75) is 217 Å².